The first kappa shape index (κ1) is 8.51. The summed E-state index contributed by atoms with van der Waals surface area (Å²) in [6.45, 7) is 0.541. The molecule has 2 saturated carbocycles. The average molecular weight is 189 g/mol. The summed E-state index contributed by atoms with van der Waals surface area (Å²) in [5.74, 6) is 0.348. The van der Waals surface area contributed by atoms with Crippen molar-refractivity contribution in [2.45, 2.75) is 30.9 Å². The van der Waals surface area contributed by atoms with Gasteiger partial charge in [0.1, 0.15) is 0 Å². The molecule has 2 aliphatic rings. The Hall–Kier alpha value is -0.0900. The van der Waals surface area contributed by atoms with Crippen LogP contribution < -0.4 is 5.73 Å². The van der Waals surface area contributed by atoms with Crippen molar-refractivity contribution in [1.82, 2.24) is 0 Å². The van der Waals surface area contributed by atoms with E-state index in [0.29, 0.717) is 12.3 Å². The van der Waals surface area contributed by atoms with Gasteiger partial charge in [0, 0.05) is 0 Å². The second kappa shape index (κ2) is 2.45. The topological polar surface area (TPSA) is 60.2 Å². The summed E-state index contributed by atoms with van der Waals surface area (Å²) in [6, 6.07) is 0. The van der Waals surface area contributed by atoms with Gasteiger partial charge < -0.3 is 5.73 Å². The zero-order chi connectivity index (χ0) is 8.82. The van der Waals surface area contributed by atoms with Crippen molar-refractivity contribution in [3.63, 3.8) is 0 Å². The second-order valence-corrected chi connectivity index (χ2v) is 6.49. The summed E-state index contributed by atoms with van der Waals surface area (Å²) in [4.78, 5) is 0. The molecule has 0 bridgehead atoms. The van der Waals surface area contributed by atoms with E-state index < -0.39 is 9.84 Å². The quantitative estimate of drug-likeness (QED) is 0.692. The fraction of sp³-hybridized carbons (Fsp3) is 1.00. The Morgan fingerprint density at radius 3 is 2.25 bits per heavy atom. The number of hydrogen-bond acceptors (Lipinski definition) is 3. The Morgan fingerprint density at radius 1 is 1.33 bits per heavy atom. The maximum Gasteiger partial charge on any atom is 0.153 e. The minimum Gasteiger partial charge on any atom is -0.330 e. The molecule has 0 aromatic heterocycles. The molecule has 0 atom stereocenters. The highest BCUT2D eigenvalue weighted by Gasteiger charge is 2.48. The van der Waals surface area contributed by atoms with Crippen molar-refractivity contribution in [2.75, 3.05) is 12.3 Å². The van der Waals surface area contributed by atoms with Crippen molar-refractivity contribution < 1.29 is 8.42 Å². The minimum absolute atomic E-state index is 0.0125. The third-order valence-corrected chi connectivity index (χ3v) is 5.43. The van der Waals surface area contributed by atoms with Crippen molar-refractivity contribution in [3.05, 3.63) is 0 Å². The maximum absolute atomic E-state index is 11.6. The van der Waals surface area contributed by atoms with Crippen LogP contribution in [0.1, 0.15) is 25.7 Å². The fourth-order valence-corrected chi connectivity index (χ4v) is 3.91. The molecule has 0 heterocycles. The molecule has 0 aromatic rings. The smallest absolute Gasteiger partial charge is 0.153 e. The second-order valence-electron chi connectivity index (χ2n) is 4.21. The molecular formula is C8H15NO2S. The third kappa shape index (κ3) is 1.50. The molecule has 0 unspecified atom stereocenters. The largest absolute Gasteiger partial charge is 0.330 e. The lowest BCUT2D eigenvalue weighted by Gasteiger charge is -2.11. The van der Waals surface area contributed by atoms with Crippen LogP contribution in [0, 0.1) is 5.41 Å². The monoisotopic (exact) mass is 189 g/mol. The van der Waals surface area contributed by atoms with Gasteiger partial charge in [-0.15, -0.1) is 0 Å². The van der Waals surface area contributed by atoms with E-state index in [1.54, 1.807) is 0 Å². The molecule has 70 valence electrons. The molecular weight excluding hydrogens is 174 g/mol. The summed E-state index contributed by atoms with van der Waals surface area (Å²) in [5, 5.41) is -0.0125. The van der Waals surface area contributed by atoms with Crippen LogP contribution >= 0.6 is 0 Å². The van der Waals surface area contributed by atoms with Gasteiger partial charge in [0.2, 0.25) is 0 Å². The fourth-order valence-electron chi connectivity index (χ4n) is 1.56. The van der Waals surface area contributed by atoms with E-state index >= 15 is 0 Å². The number of sulfone groups is 1. The highest BCUT2D eigenvalue weighted by Crippen LogP contribution is 2.47. The van der Waals surface area contributed by atoms with Gasteiger partial charge in [0.25, 0.3) is 0 Å². The van der Waals surface area contributed by atoms with Gasteiger partial charge in [0.05, 0.1) is 11.0 Å². The molecule has 0 radical (unpaired) electrons. The number of hydrogen-bond donors (Lipinski definition) is 1. The number of nitrogens with two attached hydrogens (primary N) is 1. The standard InChI is InChI=1S/C8H15NO2S/c9-5-8(3-4-8)6-12(10,11)7-1-2-7/h7H,1-6,9H2. The van der Waals surface area contributed by atoms with Gasteiger partial charge in [-0.3, -0.25) is 0 Å². The first-order chi connectivity index (χ1) is 5.58. The molecule has 4 heteroatoms. The zero-order valence-electron chi connectivity index (χ0n) is 7.12. The molecule has 2 rings (SSSR count). The molecule has 2 N–H and O–H groups in total. The Morgan fingerprint density at radius 2 is 1.92 bits per heavy atom. The number of rotatable bonds is 4. The van der Waals surface area contributed by atoms with Crippen LogP contribution in [0.2, 0.25) is 0 Å². The SMILES string of the molecule is NCC1(CS(=O)(=O)C2CC2)CC1. The first-order valence-electron chi connectivity index (χ1n) is 4.50. The van der Waals surface area contributed by atoms with Gasteiger partial charge in [-0.1, -0.05) is 0 Å². The van der Waals surface area contributed by atoms with E-state index in [1.807, 2.05) is 0 Å². The van der Waals surface area contributed by atoms with Gasteiger partial charge in [-0.2, -0.15) is 0 Å². The van der Waals surface area contributed by atoms with Gasteiger partial charge >= 0.3 is 0 Å². The summed E-state index contributed by atoms with van der Waals surface area (Å²) in [6.07, 6.45) is 3.77. The normalized spacial score (nSPS) is 27.1. The van der Waals surface area contributed by atoms with E-state index in [2.05, 4.69) is 0 Å². The van der Waals surface area contributed by atoms with Crippen molar-refractivity contribution >= 4 is 9.84 Å². The Labute approximate surface area is 73.2 Å². The maximum atomic E-state index is 11.6. The molecule has 2 aliphatic carbocycles. The van der Waals surface area contributed by atoms with E-state index in [-0.39, 0.29) is 10.7 Å². The third-order valence-electron chi connectivity index (χ3n) is 2.93. The molecule has 12 heavy (non-hydrogen) atoms. The molecule has 0 aromatic carbocycles. The Bertz CT molecular complexity index is 275. The molecule has 0 saturated heterocycles. The Kier molecular flexibility index (Phi) is 1.74. The highest BCUT2D eigenvalue weighted by atomic mass is 32.2. The minimum atomic E-state index is -2.77. The molecule has 3 nitrogen and oxygen atoms in total. The van der Waals surface area contributed by atoms with Crippen LogP contribution in [-0.4, -0.2) is 26.0 Å². The Balaban J connectivity index is 2.02. The molecule has 0 amide bonds. The van der Waals surface area contributed by atoms with Crippen LogP contribution in [0.5, 0.6) is 0 Å². The van der Waals surface area contributed by atoms with E-state index in [1.165, 1.54) is 0 Å². The van der Waals surface area contributed by atoms with Crippen molar-refractivity contribution in [3.8, 4) is 0 Å². The van der Waals surface area contributed by atoms with Gasteiger partial charge in [-0.25, -0.2) is 8.42 Å². The van der Waals surface area contributed by atoms with E-state index in [9.17, 15) is 8.42 Å². The van der Waals surface area contributed by atoms with Crippen LogP contribution in [-0.2, 0) is 9.84 Å². The lowest BCUT2D eigenvalue weighted by atomic mass is 10.1. The predicted molar refractivity (Wildman–Crippen MR) is 47.5 cm³/mol. The predicted octanol–water partition coefficient (Wildman–Crippen LogP) is 0.302. The van der Waals surface area contributed by atoms with E-state index in [0.717, 1.165) is 25.7 Å². The van der Waals surface area contributed by atoms with Gasteiger partial charge in [0.15, 0.2) is 9.84 Å². The summed E-state index contributed by atoms with van der Waals surface area (Å²) in [5.41, 5.74) is 5.52. The first-order valence-corrected chi connectivity index (χ1v) is 6.21. The van der Waals surface area contributed by atoms with E-state index in [4.69, 9.17) is 5.73 Å². The lowest BCUT2D eigenvalue weighted by Crippen LogP contribution is -2.27. The highest BCUT2D eigenvalue weighted by molar-refractivity contribution is 7.92. The van der Waals surface area contributed by atoms with Crippen molar-refractivity contribution in [2.24, 2.45) is 11.1 Å². The van der Waals surface area contributed by atoms with Crippen LogP contribution in [0.25, 0.3) is 0 Å². The summed E-state index contributed by atoms with van der Waals surface area (Å²) >= 11 is 0. The van der Waals surface area contributed by atoms with Crippen LogP contribution in [0.3, 0.4) is 0 Å². The molecule has 2 fully saturated rings. The summed E-state index contributed by atoms with van der Waals surface area (Å²) < 4.78 is 23.1. The lowest BCUT2D eigenvalue weighted by molar-refractivity contribution is 0.546. The molecule has 0 spiro atoms. The van der Waals surface area contributed by atoms with Crippen LogP contribution in [0.15, 0.2) is 0 Å². The molecule has 0 aliphatic heterocycles. The van der Waals surface area contributed by atoms with Gasteiger partial charge in [-0.05, 0) is 37.6 Å². The zero-order valence-corrected chi connectivity index (χ0v) is 7.94. The average Bonchev–Trinajstić information content (AvgIpc) is 2.83. The summed E-state index contributed by atoms with van der Waals surface area (Å²) in [7, 11) is -2.77. The van der Waals surface area contributed by atoms with Crippen molar-refractivity contribution in [1.29, 1.82) is 0 Å². The van der Waals surface area contributed by atoms with Crippen LogP contribution in [0.4, 0.5) is 0 Å².